The normalized spacial score (nSPS) is 13.6. The summed E-state index contributed by atoms with van der Waals surface area (Å²) in [5, 5.41) is 3.03. The van der Waals surface area contributed by atoms with Gasteiger partial charge < -0.3 is 10.1 Å². The molecule has 0 fully saturated rings. The molecule has 3 aromatic carbocycles. The zero-order valence-electron chi connectivity index (χ0n) is 18.0. The second-order valence-electron chi connectivity index (χ2n) is 7.55. The molecule has 0 saturated heterocycles. The van der Waals surface area contributed by atoms with Crippen molar-refractivity contribution in [3.63, 3.8) is 0 Å². The summed E-state index contributed by atoms with van der Waals surface area (Å²) in [6, 6.07) is 18.3. The smallest absolute Gasteiger partial charge is 0.278 e. The van der Waals surface area contributed by atoms with Crippen LogP contribution in [0.4, 0.5) is 14.5 Å². The second-order valence-corrected chi connectivity index (χ2v) is 7.55. The fraction of sp³-hybridized carbons (Fsp3) is 0.154. The lowest BCUT2D eigenvalue weighted by Crippen LogP contribution is -2.32. The zero-order valence-corrected chi connectivity index (χ0v) is 18.0. The number of carbonyl (C=O) groups excluding carboxylic acids is 2. The van der Waals surface area contributed by atoms with E-state index in [1.165, 1.54) is 42.5 Å². The Labute approximate surface area is 190 Å². The van der Waals surface area contributed by atoms with E-state index in [0.717, 1.165) is 11.3 Å². The van der Waals surface area contributed by atoms with Gasteiger partial charge in [0.05, 0.1) is 18.7 Å². The Morgan fingerprint density at radius 2 is 1.67 bits per heavy atom. The van der Waals surface area contributed by atoms with Gasteiger partial charge in [-0.05, 0) is 42.3 Å². The molecule has 0 aliphatic carbocycles. The van der Waals surface area contributed by atoms with E-state index in [4.69, 9.17) is 4.74 Å². The quantitative estimate of drug-likeness (QED) is 0.485. The number of carbonyl (C=O) groups is 2. The van der Waals surface area contributed by atoms with Crippen molar-refractivity contribution in [1.82, 2.24) is 4.90 Å². The molecule has 0 bridgehead atoms. The molecule has 2 amide bonds. The third kappa shape index (κ3) is 4.77. The maximum absolute atomic E-state index is 14.2. The van der Waals surface area contributed by atoms with Gasteiger partial charge in [0.15, 0.2) is 0 Å². The fourth-order valence-electron chi connectivity index (χ4n) is 3.54. The Morgan fingerprint density at radius 1 is 0.909 bits per heavy atom. The van der Waals surface area contributed by atoms with Crippen LogP contribution in [0.5, 0.6) is 5.75 Å². The molecule has 0 aromatic heterocycles. The number of imide groups is 1. The Kier molecular flexibility index (Phi) is 6.49. The maximum Gasteiger partial charge on any atom is 0.278 e. The summed E-state index contributed by atoms with van der Waals surface area (Å²) in [6.07, 6.45) is 0.843. The van der Waals surface area contributed by atoms with Crippen LogP contribution in [0.25, 0.3) is 5.57 Å². The van der Waals surface area contributed by atoms with Crippen LogP contribution in [-0.4, -0.2) is 23.3 Å². The van der Waals surface area contributed by atoms with Crippen LogP contribution in [0.15, 0.2) is 78.5 Å². The van der Waals surface area contributed by atoms with Gasteiger partial charge in [-0.2, -0.15) is 0 Å². The molecule has 5 nitrogen and oxygen atoms in total. The average Bonchev–Trinajstić information content (AvgIpc) is 3.04. The van der Waals surface area contributed by atoms with Gasteiger partial charge in [-0.3, -0.25) is 14.5 Å². The molecule has 0 atom stereocenters. The molecule has 1 N–H and O–H groups in total. The third-order valence-electron chi connectivity index (χ3n) is 5.16. The molecule has 168 valence electrons. The van der Waals surface area contributed by atoms with Gasteiger partial charge >= 0.3 is 0 Å². The minimum atomic E-state index is -0.595. The number of nitrogens with zero attached hydrogens (tertiary/aromatic N) is 1. The largest absolute Gasteiger partial charge is 0.494 e. The van der Waals surface area contributed by atoms with Gasteiger partial charge in [-0.25, -0.2) is 8.78 Å². The van der Waals surface area contributed by atoms with E-state index in [0.29, 0.717) is 23.6 Å². The van der Waals surface area contributed by atoms with Crippen molar-refractivity contribution in [3.05, 3.63) is 101 Å². The molecular weight excluding hydrogens is 426 g/mol. The highest BCUT2D eigenvalue weighted by Crippen LogP contribution is 2.32. The van der Waals surface area contributed by atoms with Crippen molar-refractivity contribution < 1.29 is 23.1 Å². The number of rotatable bonds is 8. The lowest BCUT2D eigenvalue weighted by molar-refractivity contribution is -0.137. The van der Waals surface area contributed by atoms with Gasteiger partial charge in [-0.15, -0.1) is 0 Å². The Morgan fingerprint density at radius 3 is 2.39 bits per heavy atom. The van der Waals surface area contributed by atoms with E-state index in [2.05, 4.69) is 5.32 Å². The Hall–Kier alpha value is -4.00. The van der Waals surface area contributed by atoms with Crippen molar-refractivity contribution >= 4 is 23.1 Å². The number of anilines is 1. The number of ether oxygens (including phenoxy) is 1. The zero-order chi connectivity index (χ0) is 23.4. The predicted molar refractivity (Wildman–Crippen MR) is 121 cm³/mol. The molecule has 3 aromatic rings. The standard InChI is InChI=1S/C26H22F2N2O3/c1-2-14-33-21-8-5-7-20(15-21)29-24-23(17-10-12-19(27)13-11-17)25(31)30(26(24)32)16-18-6-3-4-9-22(18)28/h3-13,15,29H,2,14,16H2,1H3. The molecule has 0 unspecified atom stereocenters. The molecular formula is C26H22F2N2O3. The topological polar surface area (TPSA) is 58.6 Å². The van der Waals surface area contributed by atoms with Gasteiger partial charge in [0.1, 0.15) is 23.1 Å². The van der Waals surface area contributed by atoms with Crippen molar-refractivity contribution in [2.24, 2.45) is 0 Å². The van der Waals surface area contributed by atoms with Gasteiger partial charge in [0, 0.05) is 17.3 Å². The second kappa shape index (κ2) is 9.65. The number of halogens is 2. The number of nitrogens with one attached hydrogen (secondary N) is 1. The van der Waals surface area contributed by atoms with E-state index in [1.54, 1.807) is 30.3 Å². The van der Waals surface area contributed by atoms with Crippen LogP contribution in [0.2, 0.25) is 0 Å². The van der Waals surface area contributed by atoms with Gasteiger partial charge in [0.25, 0.3) is 11.8 Å². The SMILES string of the molecule is CCCOc1cccc(NC2=C(c3ccc(F)cc3)C(=O)N(Cc3ccccc3F)C2=O)c1. The lowest BCUT2D eigenvalue weighted by atomic mass is 10.0. The first kappa shape index (κ1) is 22.2. The Balaban J connectivity index is 1.71. The van der Waals surface area contributed by atoms with Crippen LogP contribution >= 0.6 is 0 Å². The van der Waals surface area contributed by atoms with Crippen LogP contribution in [0.1, 0.15) is 24.5 Å². The van der Waals surface area contributed by atoms with Crippen LogP contribution in [0, 0.1) is 11.6 Å². The summed E-state index contributed by atoms with van der Waals surface area (Å²) in [5.41, 5.74) is 1.28. The fourth-order valence-corrected chi connectivity index (χ4v) is 3.54. The highest BCUT2D eigenvalue weighted by molar-refractivity contribution is 6.36. The number of hydrogen-bond acceptors (Lipinski definition) is 4. The summed E-state index contributed by atoms with van der Waals surface area (Å²) >= 11 is 0. The minimum absolute atomic E-state index is 0.0376. The minimum Gasteiger partial charge on any atom is -0.494 e. The summed E-state index contributed by atoms with van der Waals surface area (Å²) in [7, 11) is 0. The third-order valence-corrected chi connectivity index (χ3v) is 5.16. The lowest BCUT2D eigenvalue weighted by Gasteiger charge is -2.16. The Bertz CT molecular complexity index is 1220. The van der Waals surface area contributed by atoms with Crippen molar-refractivity contribution in [3.8, 4) is 5.75 Å². The molecule has 1 aliphatic heterocycles. The predicted octanol–water partition coefficient (Wildman–Crippen LogP) is 5.15. The van der Waals surface area contributed by atoms with Crippen molar-refractivity contribution in [2.45, 2.75) is 19.9 Å². The molecule has 4 rings (SSSR count). The highest BCUT2D eigenvalue weighted by Gasteiger charge is 2.39. The van der Waals surface area contributed by atoms with E-state index in [9.17, 15) is 18.4 Å². The molecule has 1 heterocycles. The van der Waals surface area contributed by atoms with E-state index in [-0.39, 0.29) is 23.4 Å². The van der Waals surface area contributed by atoms with Crippen LogP contribution < -0.4 is 10.1 Å². The first-order valence-electron chi connectivity index (χ1n) is 10.6. The number of hydrogen-bond donors (Lipinski definition) is 1. The highest BCUT2D eigenvalue weighted by atomic mass is 19.1. The maximum atomic E-state index is 14.2. The summed E-state index contributed by atoms with van der Waals surface area (Å²) in [5.74, 6) is -1.54. The first-order chi connectivity index (χ1) is 16.0. The van der Waals surface area contributed by atoms with Crippen molar-refractivity contribution in [1.29, 1.82) is 0 Å². The molecule has 7 heteroatoms. The number of amides is 2. The molecule has 0 radical (unpaired) electrons. The summed E-state index contributed by atoms with van der Waals surface area (Å²) in [6.45, 7) is 2.32. The van der Waals surface area contributed by atoms with Gasteiger partial charge in [0.2, 0.25) is 0 Å². The first-order valence-corrected chi connectivity index (χ1v) is 10.6. The average molecular weight is 448 g/mol. The van der Waals surface area contributed by atoms with Crippen LogP contribution in [0.3, 0.4) is 0 Å². The van der Waals surface area contributed by atoms with E-state index >= 15 is 0 Å². The molecule has 0 spiro atoms. The monoisotopic (exact) mass is 448 g/mol. The molecule has 0 saturated carbocycles. The molecule has 1 aliphatic rings. The molecule has 33 heavy (non-hydrogen) atoms. The van der Waals surface area contributed by atoms with Crippen molar-refractivity contribution in [2.75, 3.05) is 11.9 Å². The van der Waals surface area contributed by atoms with E-state index in [1.807, 2.05) is 6.92 Å². The number of benzene rings is 3. The van der Waals surface area contributed by atoms with Gasteiger partial charge in [-0.1, -0.05) is 43.3 Å². The summed E-state index contributed by atoms with van der Waals surface area (Å²) < 4.78 is 33.4. The van der Waals surface area contributed by atoms with E-state index < -0.39 is 23.4 Å². The van der Waals surface area contributed by atoms with Crippen LogP contribution in [-0.2, 0) is 16.1 Å². The summed E-state index contributed by atoms with van der Waals surface area (Å²) in [4.78, 5) is 27.6.